The van der Waals surface area contributed by atoms with Crippen LogP contribution in [0.4, 0.5) is 13.2 Å². The van der Waals surface area contributed by atoms with Gasteiger partial charge in [0, 0.05) is 27.9 Å². The van der Waals surface area contributed by atoms with Crippen molar-refractivity contribution in [1.29, 1.82) is 0 Å². The second kappa shape index (κ2) is 9.30. The van der Waals surface area contributed by atoms with Crippen LogP contribution in [0.3, 0.4) is 0 Å². The Bertz CT molecular complexity index is 1340. The Hall–Kier alpha value is -2.66. The summed E-state index contributed by atoms with van der Waals surface area (Å²) < 4.78 is 75.3. The molecule has 1 aromatic heterocycles. The zero-order valence-electron chi connectivity index (χ0n) is 17.8. The molecule has 1 heterocycles. The van der Waals surface area contributed by atoms with E-state index >= 15 is 0 Å². The molecule has 3 rings (SSSR count). The number of sulfone groups is 1. The standard InChI is InChI=1S/C22H19BrF3NO5S/c1-4-33(29,30)18-9-14-16(10-17(18)31-2)27-20(15(11-23)19(14)21(28)32-3)12-6-5-7-13(8-12)22(24,25)26/h5-10H,4,11H2,1-3H3. The van der Waals surface area contributed by atoms with Crippen molar-refractivity contribution in [2.75, 3.05) is 20.0 Å². The molecule has 0 aliphatic rings. The number of alkyl halides is 4. The summed E-state index contributed by atoms with van der Waals surface area (Å²) in [5.74, 6) is -0.979. The van der Waals surface area contributed by atoms with Gasteiger partial charge in [-0.3, -0.25) is 0 Å². The van der Waals surface area contributed by atoms with E-state index in [1.165, 1.54) is 38.3 Å². The molecular formula is C22H19BrF3NO5S. The third-order valence-corrected chi connectivity index (χ3v) is 7.38. The van der Waals surface area contributed by atoms with Gasteiger partial charge in [0.25, 0.3) is 0 Å². The van der Waals surface area contributed by atoms with E-state index in [1.807, 2.05) is 0 Å². The molecule has 0 atom stereocenters. The molecule has 0 amide bonds. The number of ether oxygens (including phenoxy) is 2. The molecule has 176 valence electrons. The fraction of sp³-hybridized carbons (Fsp3) is 0.273. The molecule has 6 nitrogen and oxygen atoms in total. The van der Waals surface area contributed by atoms with Crippen LogP contribution < -0.4 is 4.74 Å². The van der Waals surface area contributed by atoms with Gasteiger partial charge in [0.15, 0.2) is 9.84 Å². The highest BCUT2D eigenvalue weighted by atomic mass is 79.9. The van der Waals surface area contributed by atoms with Gasteiger partial charge in [-0.2, -0.15) is 13.2 Å². The Morgan fingerprint density at radius 3 is 2.39 bits per heavy atom. The fourth-order valence-electron chi connectivity index (χ4n) is 3.42. The highest BCUT2D eigenvalue weighted by Gasteiger charge is 2.31. The van der Waals surface area contributed by atoms with Crippen molar-refractivity contribution in [1.82, 2.24) is 4.98 Å². The van der Waals surface area contributed by atoms with E-state index in [2.05, 4.69) is 20.9 Å². The van der Waals surface area contributed by atoms with Gasteiger partial charge in [-0.05, 0) is 18.2 Å². The Morgan fingerprint density at radius 1 is 1.15 bits per heavy atom. The van der Waals surface area contributed by atoms with Crippen molar-refractivity contribution in [2.45, 2.75) is 23.3 Å². The van der Waals surface area contributed by atoms with Crippen LogP contribution in [0.1, 0.15) is 28.4 Å². The van der Waals surface area contributed by atoms with Gasteiger partial charge >= 0.3 is 12.1 Å². The Morgan fingerprint density at radius 2 is 1.85 bits per heavy atom. The van der Waals surface area contributed by atoms with Gasteiger partial charge in [-0.25, -0.2) is 18.2 Å². The number of benzene rings is 2. The lowest BCUT2D eigenvalue weighted by atomic mass is 9.96. The van der Waals surface area contributed by atoms with Crippen LogP contribution >= 0.6 is 15.9 Å². The van der Waals surface area contributed by atoms with E-state index in [4.69, 9.17) is 9.47 Å². The number of rotatable bonds is 6. The van der Waals surface area contributed by atoms with E-state index in [0.717, 1.165) is 19.2 Å². The molecule has 3 aromatic rings. The number of halogens is 4. The first kappa shape index (κ1) is 25.0. The van der Waals surface area contributed by atoms with E-state index in [0.29, 0.717) is 0 Å². The van der Waals surface area contributed by atoms with Crippen molar-refractivity contribution >= 4 is 42.6 Å². The largest absolute Gasteiger partial charge is 0.495 e. The number of hydrogen-bond acceptors (Lipinski definition) is 6. The number of hydrogen-bond donors (Lipinski definition) is 0. The lowest BCUT2D eigenvalue weighted by molar-refractivity contribution is -0.137. The number of methoxy groups -OCH3 is 2. The zero-order chi connectivity index (χ0) is 24.6. The second-order valence-corrected chi connectivity index (χ2v) is 9.75. The van der Waals surface area contributed by atoms with Gasteiger partial charge in [0.2, 0.25) is 0 Å². The lowest BCUT2D eigenvalue weighted by Gasteiger charge is -2.17. The monoisotopic (exact) mass is 545 g/mol. The maximum absolute atomic E-state index is 13.3. The highest BCUT2D eigenvalue weighted by Crippen LogP contribution is 2.38. The van der Waals surface area contributed by atoms with Crippen molar-refractivity contribution in [3.8, 4) is 17.0 Å². The van der Waals surface area contributed by atoms with Gasteiger partial charge in [0.05, 0.1) is 42.3 Å². The molecule has 0 N–H and O–H groups in total. The summed E-state index contributed by atoms with van der Waals surface area (Å²) in [6, 6.07) is 7.20. The number of nitrogens with zero attached hydrogens (tertiary/aromatic N) is 1. The lowest BCUT2D eigenvalue weighted by Crippen LogP contribution is -2.11. The molecule has 0 bridgehead atoms. The SMILES string of the molecule is CCS(=O)(=O)c1cc2c(C(=O)OC)c(CBr)c(-c3cccc(C(F)(F)F)c3)nc2cc1OC. The van der Waals surface area contributed by atoms with Gasteiger partial charge in [-0.15, -0.1) is 0 Å². The van der Waals surface area contributed by atoms with Crippen molar-refractivity contribution in [3.63, 3.8) is 0 Å². The van der Waals surface area contributed by atoms with E-state index in [9.17, 15) is 26.4 Å². The molecule has 0 aliphatic heterocycles. The van der Waals surface area contributed by atoms with Crippen LogP contribution in [0.5, 0.6) is 5.75 Å². The van der Waals surface area contributed by atoms with Crippen molar-refractivity contribution in [2.24, 2.45) is 0 Å². The van der Waals surface area contributed by atoms with Crippen LogP contribution in [0.25, 0.3) is 22.2 Å². The number of esters is 1. The number of fused-ring (bicyclic) bond motifs is 1. The van der Waals surface area contributed by atoms with E-state index < -0.39 is 27.5 Å². The maximum atomic E-state index is 13.3. The molecule has 0 fully saturated rings. The predicted molar refractivity (Wildman–Crippen MR) is 120 cm³/mol. The number of carbonyl (C=O) groups excluding carboxylic acids is 1. The molecule has 0 saturated heterocycles. The van der Waals surface area contributed by atoms with Gasteiger partial charge in [-0.1, -0.05) is 35.0 Å². The molecule has 33 heavy (non-hydrogen) atoms. The van der Waals surface area contributed by atoms with Crippen LogP contribution in [0, 0.1) is 0 Å². The average Bonchev–Trinajstić information content (AvgIpc) is 2.80. The zero-order valence-corrected chi connectivity index (χ0v) is 20.2. The second-order valence-electron chi connectivity index (χ2n) is 6.94. The Kier molecular flexibility index (Phi) is 7.04. The summed E-state index contributed by atoms with van der Waals surface area (Å²) in [4.78, 5) is 17.1. The van der Waals surface area contributed by atoms with Crippen LogP contribution in [0.2, 0.25) is 0 Å². The summed E-state index contributed by atoms with van der Waals surface area (Å²) in [5.41, 5.74) is -0.182. The normalized spacial score (nSPS) is 12.1. The summed E-state index contributed by atoms with van der Waals surface area (Å²) in [6.45, 7) is 1.47. The molecule has 0 unspecified atom stereocenters. The Labute approximate surface area is 196 Å². The van der Waals surface area contributed by atoms with Crippen molar-refractivity contribution in [3.05, 3.63) is 53.1 Å². The van der Waals surface area contributed by atoms with Crippen LogP contribution in [-0.2, 0) is 26.1 Å². The van der Waals surface area contributed by atoms with Crippen molar-refractivity contribution < 1.29 is 35.9 Å². The summed E-state index contributed by atoms with van der Waals surface area (Å²) in [5, 5.41) is 0.230. The summed E-state index contributed by atoms with van der Waals surface area (Å²) >= 11 is 3.28. The van der Waals surface area contributed by atoms with Gasteiger partial charge < -0.3 is 9.47 Å². The first-order valence-electron chi connectivity index (χ1n) is 9.57. The van der Waals surface area contributed by atoms with E-state index in [-0.39, 0.29) is 55.0 Å². The maximum Gasteiger partial charge on any atom is 0.416 e. The quantitative estimate of drug-likeness (QED) is 0.304. The molecule has 2 aromatic carbocycles. The molecule has 0 spiro atoms. The fourth-order valence-corrected chi connectivity index (χ4v) is 5.02. The summed E-state index contributed by atoms with van der Waals surface area (Å²) in [7, 11) is -1.28. The predicted octanol–water partition coefficient (Wildman–Crippen LogP) is 5.40. The summed E-state index contributed by atoms with van der Waals surface area (Å²) in [6.07, 6.45) is -4.57. The molecule has 0 aliphatic carbocycles. The van der Waals surface area contributed by atoms with Gasteiger partial charge in [0.1, 0.15) is 10.6 Å². The van der Waals surface area contributed by atoms with Crippen LogP contribution in [0.15, 0.2) is 41.3 Å². The molecule has 0 radical (unpaired) electrons. The topological polar surface area (TPSA) is 82.6 Å². The third kappa shape index (κ3) is 4.70. The van der Waals surface area contributed by atoms with E-state index in [1.54, 1.807) is 0 Å². The number of aromatic nitrogens is 1. The minimum absolute atomic E-state index is 0.00185. The Balaban J connectivity index is 2.48. The smallest absolute Gasteiger partial charge is 0.416 e. The molecule has 11 heteroatoms. The number of pyridine rings is 1. The molecule has 0 saturated carbocycles. The number of carbonyl (C=O) groups is 1. The highest BCUT2D eigenvalue weighted by molar-refractivity contribution is 9.08. The average molecular weight is 546 g/mol. The first-order valence-corrected chi connectivity index (χ1v) is 12.3. The third-order valence-electron chi connectivity index (χ3n) is 5.07. The minimum Gasteiger partial charge on any atom is -0.495 e. The van der Waals surface area contributed by atoms with Crippen LogP contribution in [-0.4, -0.2) is 39.3 Å². The first-order chi connectivity index (χ1) is 15.5. The molecular weight excluding hydrogens is 527 g/mol. The minimum atomic E-state index is -4.57.